The molecule has 0 fully saturated rings. The van der Waals surface area contributed by atoms with E-state index in [1.807, 2.05) is 0 Å². The van der Waals surface area contributed by atoms with Crippen molar-refractivity contribution >= 4 is 5.91 Å². The lowest BCUT2D eigenvalue weighted by molar-refractivity contribution is -0.123. The Kier molecular flexibility index (Phi) is 5.84. The Morgan fingerprint density at radius 1 is 1.04 bits per heavy atom. The van der Waals surface area contributed by atoms with Gasteiger partial charge in [0.15, 0.2) is 6.61 Å². The highest BCUT2D eigenvalue weighted by atomic mass is 19.3. The van der Waals surface area contributed by atoms with Crippen molar-refractivity contribution in [3.63, 3.8) is 0 Å². The van der Waals surface area contributed by atoms with E-state index >= 15 is 0 Å². The van der Waals surface area contributed by atoms with E-state index < -0.39 is 17.8 Å². The normalized spacial score (nSPS) is 11.9. The first-order valence-corrected chi connectivity index (χ1v) is 7.77. The first kappa shape index (κ1) is 19.7. The second-order valence-electron chi connectivity index (χ2n) is 5.92. The van der Waals surface area contributed by atoms with Gasteiger partial charge in [0, 0.05) is 32.2 Å². The molecule has 4 nitrogen and oxygen atoms in total. The number of amides is 1. The van der Waals surface area contributed by atoms with Crippen molar-refractivity contribution in [3.05, 3.63) is 59.4 Å². The molecule has 0 unspecified atom stereocenters. The fourth-order valence-electron chi connectivity index (χ4n) is 2.03. The predicted molar refractivity (Wildman–Crippen MR) is 87.2 cm³/mol. The molecule has 2 rings (SSSR count). The average molecular weight is 370 g/mol. The van der Waals surface area contributed by atoms with Crippen molar-refractivity contribution in [3.8, 4) is 5.75 Å². The first-order chi connectivity index (χ1) is 12.1. The Morgan fingerprint density at radius 2 is 1.69 bits per heavy atom. The van der Waals surface area contributed by atoms with E-state index in [-0.39, 0.29) is 30.2 Å². The van der Waals surface area contributed by atoms with Crippen molar-refractivity contribution in [2.45, 2.75) is 32.2 Å². The SMILES string of the molecule is CC(F)(F)c1ccc(OCC(=O)NCc2ccc(C(C)(F)F)nc2)cc1. The van der Waals surface area contributed by atoms with Gasteiger partial charge < -0.3 is 10.1 Å². The number of aromatic nitrogens is 1. The van der Waals surface area contributed by atoms with Gasteiger partial charge in [-0.05, 0) is 35.9 Å². The lowest BCUT2D eigenvalue weighted by atomic mass is 10.1. The van der Waals surface area contributed by atoms with Crippen LogP contribution in [0.3, 0.4) is 0 Å². The maximum Gasteiger partial charge on any atom is 0.286 e. The second-order valence-corrected chi connectivity index (χ2v) is 5.92. The molecule has 1 aromatic heterocycles. The molecule has 1 heterocycles. The summed E-state index contributed by atoms with van der Waals surface area (Å²) in [7, 11) is 0. The molecule has 0 saturated heterocycles. The molecule has 0 aliphatic heterocycles. The van der Waals surface area contributed by atoms with Gasteiger partial charge in [-0.3, -0.25) is 9.78 Å². The van der Waals surface area contributed by atoms with Gasteiger partial charge in [-0.2, -0.15) is 8.78 Å². The molecule has 0 atom stereocenters. The molecule has 1 N–H and O–H groups in total. The van der Waals surface area contributed by atoms with E-state index in [0.717, 1.165) is 13.8 Å². The number of nitrogens with one attached hydrogen (secondary N) is 1. The van der Waals surface area contributed by atoms with Crippen molar-refractivity contribution in [1.82, 2.24) is 10.3 Å². The lowest BCUT2D eigenvalue weighted by Crippen LogP contribution is -2.28. The number of halogens is 4. The summed E-state index contributed by atoms with van der Waals surface area (Å²) in [4.78, 5) is 15.4. The second kappa shape index (κ2) is 7.72. The fourth-order valence-corrected chi connectivity index (χ4v) is 2.03. The zero-order valence-corrected chi connectivity index (χ0v) is 14.2. The number of carbonyl (C=O) groups excluding carboxylic acids is 1. The predicted octanol–water partition coefficient (Wildman–Crippen LogP) is 4.00. The summed E-state index contributed by atoms with van der Waals surface area (Å²) in [5, 5.41) is 2.55. The molecule has 140 valence electrons. The van der Waals surface area contributed by atoms with Crippen molar-refractivity contribution in [2.24, 2.45) is 0 Å². The quantitative estimate of drug-likeness (QED) is 0.750. The molecule has 2 aromatic rings. The third-order valence-electron chi connectivity index (χ3n) is 3.50. The highest BCUT2D eigenvalue weighted by molar-refractivity contribution is 5.77. The van der Waals surface area contributed by atoms with Crippen LogP contribution in [0.2, 0.25) is 0 Å². The highest BCUT2D eigenvalue weighted by Gasteiger charge is 2.25. The summed E-state index contributed by atoms with van der Waals surface area (Å²) in [5.74, 6) is -6.13. The van der Waals surface area contributed by atoms with Crippen molar-refractivity contribution in [1.29, 1.82) is 0 Å². The van der Waals surface area contributed by atoms with E-state index in [2.05, 4.69) is 10.3 Å². The van der Waals surface area contributed by atoms with Crippen LogP contribution in [0, 0.1) is 0 Å². The minimum Gasteiger partial charge on any atom is -0.484 e. The van der Waals surface area contributed by atoms with Gasteiger partial charge in [0.05, 0.1) is 0 Å². The monoisotopic (exact) mass is 370 g/mol. The Hall–Kier alpha value is -2.64. The third kappa shape index (κ3) is 5.72. The van der Waals surface area contributed by atoms with Crippen LogP contribution in [0.15, 0.2) is 42.6 Å². The van der Waals surface area contributed by atoms with Crippen LogP contribution in [0.1, 0.15) is 30.7 Å². The first-order valence-electron chi connectivity index (χ1n) is 7.77. The van der Waals surface area contributed by atoms with Crippen LogP contribution >= 0.6 is 0 Å². The minimum atomic E-state index is -3.02. The summed E-state index contributed by atoms with van der Waals surface area (Å²) in [6, 6.07) is 7.81. The smallest absolute Gasteiger partial charge is 0.286 e. The molecule has 1 amide bonds. The van der Waals surface area contributed by atoms with Gasteiger partial charge in [-0.15, -0.1) is 0 Å². The molecule has 0 spiro atoms. The van der Waals surface area contributed by atoms with Crippen LogP contribution in [-0.2, 0) is 23.2 Å². The van der Waals surface area contributed by atoms with Crippen LogP contribution in [0.4, 0.5) is 17.6 Å². The molecular formula is C18H18F4N2O2. The Labute approximate surface area is 148 Å². The lowest BCUT2D eigenvalue weighted by Gasteiger charge is -2.12. The maximum atomic E-state index is 13.1. The van der Waals surface area contributed by atoms with Gasteiger partial charge in [0.2, 0.25) is 0 Å². The summed E-state index contributed by atoms with van der Waals surface area (Å²) < 4.78 is 57.5. The van der Waals surface area contributed by atoms with E-state index in [1.165, 1.54) is 42.6 Å². The molecule has 0 radical (unpaired) electrons. The summed E-state index contributed by atoms with van der Waals surface area (Å²) in [5.41, 5.74) is 0.0563. The molecule has 0 aliphatic rings. The zero-order valence-electron chi connectivity index (χ0n) is 14.2. The number of rotatable bonds is 7. The minimum absolute atomic E-state index is 0.103. The summed E-state index contributed by atoms with van der Waals surface area (Å²) >= 11 is 0. The standard InChI is InChI=1S/C18H18F4N2O2/c1-17(19,20)13-4-6-14(7-5-13)26-11-16(25)24-10-12-3-8-15(23-9-12)18(2,21)22/h3-9H,10-11H2,1-2H3,(H,24,25). The number of nitrogens with zero attached hydrogens (tertiary/aromatic N) is 1. The van der Waals surface area contributed by atoms with Gasteiger partial charge in [-0.1, -0.05) is 6.07 Å². The van der Waals surface area contributed by atoms with Crippen LogP contribution in [0.5, 0.6) is 5.75 Å². The molecule has 0 aliphatic carbocycles. The third-order valence-corrected chi connectivity index (χ3v) is 3.50. The van der Waals surface area contributed by atoms with Crippen LogP contribution < -0.4 is 10.1 Å². The van der Waals surface area contributed by atoms with Crippen LogP contribution in [-0.4, -0.2) is 17.5 Å². The zero-order chi connectivity index (χ0) is 19.4. The van der Waals surface area contributed by atoms with E-state index in [4.69, 9.17) is 4.74 Å². The Morgan fingerprint density at radius 3 is 2.19 bits per heavy atom. The highest BCUT2D eigenvalue weighted by Crippen LogP contribution is 2.28. The van der Waals surface area contributed by atoms with Gasteiger partial charge in [-0.25, -0.2) is 8.78 Å². The average Bonchev–Trinajstić information content (AvgIpc) is 2.57. The Balaban J connectivity index is 1.80. The molecular weight excluding hydrogens is 352 g/mol. The molecule has 0 saturated carbocycles. The number of alkyl halides is 4. The van der Waals surface area contributed by atoms with Crippen molar-refractivity contribution in [2.75, 3.05) is 6.61 Å². The number of carbonyl (C=O) groups is 1. The Bertz CT molecular complexity index is 672. The number of hydrogen-bond acceptors (Lipinski definition) is 3. The molecule has 0 bridgehead atoms. The molecule has 8 heteroatoms. The summed E-state index contributed by atoms with van der Waals surface area (Å²) in [6.45, 7) is 1.34. The number of benzene rings is 1. The largest absolute Gasteiger partial charge is 0.484 e. The molecule has 26 heavy (non-hydrogen) atoms. The number of ether oxygens (including phenoxy) is 1. The maximum absolute atomic E-state index is 13.1. The van der Waals surface area contributed by atoms with E-state index in [9.17, 15) is 22.4 Å². The van der Waals surface area contributed by atoms with Gasteiger partial charge in [0.25, 0.3) is 17.8 Å². The van der Waals surface area contributed by atoms with E-state index in [1.54, 1.807) is 0 Å². The van der Waals surface area contributed by atoms with Crippen molar-refractivity contribution < 1.29 is 27.1 Å². The van der Waals surface area contributed by atoms with Gasteiger partial charge in [0.1, 0.15) is 11.4 Å². The molecule has 1 aromatic carbocycles. The van der Waals surface area contributed by atoms with E-state index in [0.29, 0.717) is 5.56 Å². The van der Waals surface area contributed by atoms with Gasteiger partial charge >= 0.3 is 0 Å². The number of hydrogen-bond donors (Lipinski definition) is 1. The number of pyridine rings is 1. The topological polar surface area (TPSA) is 51.2 Å². The fraction of sp³-hybridized carbons (Fsp3) is 0.333. The summed E-state index contributed by atoms with van der Waals surface area (Å²) in [6.07, 6.45) is 1.26. The van der Waals surface area contributed by atoms with Crippen LogP contribution in [0.25, 0.3) is 0 Å².